The van der Waals surface area contributed by atoms with Crippen molar-refractivity contribution in [3.05, 3.63) is 35.4 Å². The number of hydrogen-bond acceptors (Lipinski definition) is 5. The first-order chi connectivity index (χ1) is 9.96. The van der Waals surface area contributed by atoms with Crippen molar-refractivity contribution in [2.24, 2.45) is 5.92 Å². The molecule has 1 aromatic carbocycles. The second kappa shape index (κ2) is 7.85. The van der Waals surface area contributed by atoms with Crippen molar-refractivity contribution >= 4 is 18.0 Å². The minimum absolute atomic E-state index is 0.122. The maximum atomic E-state index is 11.6. The molecule has 21 heavy (non-hydrogen) atoms. The van der Waals surface area contributed by atoms with Gasteiger partial charge < -0.3 is 9.47 Å². The molecular weight excluding hydrogens is 270 g/mol. The van der Waals surface area contributed by atoms with Gasteiger partial charge in [0.2, 0.25) is 0 Å². The van der Waals surface area contributed by atoms with Crippen LogP contribution >= 0.6 is 0 Å². The first kappa shape index (κ1) is 16.4. The van der Waals surface area contributed by atoms with E-state index in [0.29, 0.717) is 17.7 Å². The van der Waals surface area contributed by atoms with Crippen LogP contribution in [0.25, 0.3) is 6.08 Å². The molecule has 0 atom stereocenters. The molecule has 110 valence electrons. The van der Waals surface area contributed by atoms with Crippen LogP contribution in [0.4, 0.5) is 0 Å². The molecule has 0 fully saturated rings. The number of ether oxygens (including phenoxy) is 2. The van der Waals surface area contributed by atoms with Crippen LogP contribution in [-0.2, 0) is 14.3 Å². The molecule has 0 N–H and O–H groups in total. The predicted molar refractivity (Wildman–Crippen MR) is 77.1 cm³/mol. The Morgan fingerprint density at radius 2 is 2.10 bits per heavy atom. The highest BCUT2D eigenvalue weighted by Crippen LogP contribution is 2.17. The number of methoxy groups -OCH3 is 1. The number of nitriles is 1. The summed E-state index contributed by atoms with van der Waals surface area (Å²) in [5, 5.41) is 8.90. The second-order valence-corrected chi connectivity index (χ2v) is 4.81. The molecule has 0 unspecified atom stereocenters. The van der Waals surface area contributed by atoms with Gasteiger partial charge in [0.25, 0.3) is 0 Å². The first-order valence-corrected chi connectivity index (χ1v) is 6.47. The van der Waals surface area contributed by atoms with Crippen LogP contribution < -0.4 is 4.74 Å². The third-order valence-corrected chi connectivity index (χ3v) is 2.50. The van der Waals surface area contributed by atoms with Crippen LogP contribution in [0.5, 0.6) is 5.75 Å². The minimum atomic E-state index is -0.709. The molecule has 5 nitrogen and oxygen atoms in total. The van der Waals surface area contributed by atoms with E-state index in [1.807, 2.05) is 13.8 Å². The molecule has 0 bridgehead atoms. The largest absolute Gasteiger partial charge is 0.465 e. The molecule has 0 saturated carbocycles. The fraction of sp³-hybridized carbons (Fsp3) is 0.312. The van der Waals surface area contributed by atoms with Crippen LogP contribution in [-0.4, -0.2) is 19.0 Å². The summed E-state index contributed by atoms with van der Waals surface area (Å²) >= 11 is 0. The lowest BCUT2D eigenvalue weighted by Crippen LogP contribution is -2.10. The van der Waals surface area contributed by atoms with E-state index in [9.17, 15) is 9.59 Å². The van der Waals surface area contributed by atoms with Crippen molar-refractivity contribution in [1.82, 2.24) is 0 Å². The molecule has 0 aromatic heterocycles. The summed E-state index contributed by atoms with van der Waals surface area (Å²) in [5.41, 5.74) is 0.454. The van der Waals surface area contributed by atoms with Gasteiger partial charge in [-0.3, -0.25) is 4.79 Å². The van der Waals surface area contributed by atoms with Crippen LogP contribution in [0, 0.1) is 17.2 Å². The fourth-order valence-electron chi connectivity index (χ4n) is 1.59. The van der Waals surface area contributed by atoms with Gasteiger partial charge in [-0.05, 0) is 29.7 Å². The molecule has 5 heteroatoms. The molecule has 0 amide bonds. The number of carbonyl (C=O) groups excluding carboxylic acids is 2. The Hall–Kier alpha value is -2.61. The van der Waals surface area contributed by atoms with Crippen molar-refractivity contribution in [2.75, 3.05) is 7.11 Å². The Morgan fingerprint density at radius 3 is 2.67 bits per heavy atom. The fourth-order valence-corrected chi connectivity index (χ4v) is 1.59. The number of esters is 2. The van der Waals surface area contributed by atoms with Gasteiger partial charge in [-0.25, -0.2) is 4.79 Å². The van der Waals surface area contributed by atoms with E-state index in [1.54, 1.807) is 30.3 Å². The Bertz CT molecular complexity index is 597. The molecule has 0 aliphatic rings. The Morgan fingerprint density at radius 1 is 1.38 bits per heavy atom. The number of hydrogen-bond donors (Lipinski definition) is 0. The predicted octanol–water partition coefficient (Wildman–Crippen LogP) is 2.72. The van der Waals surface area contributed by atoms with E-state index in [1.165, 1.54) is 13.2 Å². The highest BCUT2D eigenvalue weighted by atomic mass is 16.5. The van der Waals surface area contributed by atoms with Crippen LogP contribution in [0.3, 0.4) is 0 Å². The maximum Gasteiger partial charge on any atom is 0.348 e. The number of carbonyl (C=O) groups is 2. The highest BCUT2D eigenvalue weighted by Gasteiger charge is 2.10. The highest BCUT2D eigenvalue weighted by molar-refractivity contribution is 5.97. The van der Waals surface area contributed by atoms with Crippen LogP contribution in [0.15, 0.2) is 29.8 Å². The summed E-state index contributed by atoms with van der Waals surface area (Å²) in [5.74, 6) is -0.444. The molecular formula is C16H17NO4. The summed E-state index contributed by atoms with van der Waals surface area (Å²) < 4.78 is 9.70. The smallest absolute Gasteiger partial charge is 0.348 e. The van der Waals surface area contributed by atoms with E-state index in [-0.39, 0.29) is 17.5 Å². The lowest BCUT2D eigenvalue weighted by Gasteiger charge is -2.06. The average molecular weight is 287 g/mol. The molecule has 0 radical (unpaired) electrons. The molecule has 0 heterocycles. The van der Waals surface area contributed by atoms with Crippen LogP contribution in [0.1, 0.15) is 25.8 Å². The lowest BCUT2D eigenvalue weighted by molar-refractivity contribution is -0.136. The molecule has 0 aliphatic heterocycles. The summed E-state index contributed by atoms with van der Waals surface area (Å²) in [7, 11) is 1.21. The third-order valence-electron chi connectivity index (χ3n) is 2.50. The van der Waals surface area contributed by atoms with Gasteiger partial charge >= 0.3 is 11.9 Å². The van der Waals surface area contributed by atoms with Gasteiger partial charge in [0.15, 0.2) is 0 Å². The van der Waals surface area contributed by atoms with Crippen molar-refractivity contribution in [2.45, 2.75) is 20.3 Å². The Kier molecular flexibility index (Phi) is 6.15. The normalized spacial score (nSPS) is 10.9. The van der Waals surface area contributed by atoms with Crippen molar-refractivity contribution < 1.29 is 19.1 Å². The minimum Gasteiger partial charge on any atom is -0.465 e. The summed E-state index contributed by atoms with van der Waals surface area (Å²) in [6, 6.07) is 8.36. The molecule has 0 aliphatic carbocycles. The average Bonchev–Trinajstić information content (AvgIpc) is 2.43. The topological polar surface area (TPSA) is 76.4 Å². The number of rotatable bonds is 5. The van der Waals surface area contributed by atoms with E-state index in [2.05, 4.69) is 4.74 Å². The van der Waals surface area contributed by atoms with E-state index in [4.69, 9.17) is 10.00 Å². The van der Waals surface area contributed by atoms with Gasteiger partial charge in [0, 0.05) is 6.42 Å². The molecule has 1 rings (SSSR count). The Labute approximate surface area is 123 Å². The van der Waals surface area contributed by atoms with Crippen molar-refractivity contribution in [1.29, 1.82) is 5.26 Å². The van der Waals surface area contributed by atoms with E-state index in [0.717, 1.165) is 0 Å². The zero-order valence-corrected chi connectivity index (χ0v) is 12.3. The first-order valence-electron chi connectivity index (χ1n) is 6.47. The second-order valence-electron chi connectivity index (χ2n) is 4.81. The summed E-state index contributed by atoms with van der Waals surface area (Å²) in [4.78, 5) is 22.9. The SMILES string of the molecule is COC(=O)/C(C#N)=C/c1cccc(OC(=O)CC(C)C)c1. The van der Waals surface area contributed by atoms with Gasteiger partial charge in [-0.15, -0.1) is 0 Å². The summed E-state index contributed by atoms with van der Waals surface area (Å²) in [6.45, 7) is 3.85. The third kappa shape index (κ3) is 5.49. The number of benzene rings is 1. The van der Waals surface area contributed by atoms with E-state index >= 15 is 0 Å². The number of nitrogens with zero attached hydrogens (tertiary/aromatic N) is 1. The maximum absolute atomic E-state index is 11.6. The van der Waals surface area contributed by atoms with Gasteiger partial charge in [-0.1, -0.05) is 26.0 Å². The van der Waals surface area contributed by atoms with Crippen molar-refractivity contribution in [3.63, 3.8) is 0 Å². The monoisotopic (exact) mass is 287 g/mol. The van der Waals surface area contributed by atoms with Gasteiger partial charge in [0.05, 0.1) is 7.11 Å². The molecule has 0 saturated heterocycles. The molecule has 0 spiro atoms. The lowest BCUT2D eigenvalue weighted by atomic mass is 10.1. The zero-order chi connectivity index (χ0) is 15.8. The standard InChI is InChI=1S/C16H17NO4/c1-11(2)7-15(18)21-14-6-4-5-12(9-14)8-13(10-17)16(19)20-3/h4-6,8-9,11H,7H2,1-3H3/b13-8+. The zero-order valence-electron chi connectivity index (χ0n) is 12.3. The summed E-state index contributed by atoms with van der Waals surface area (Å²) in [6.07, 6.45) is 1.71. The van der Waals surface area contributed by atoms with Gasteiger partial charge in [0.1, 0.15) is 17.4 Å². The van der Waals surface area contributed by atoms with Gasteiger partial charge in [-0.2, -0.15) is 5.26 Å². The molecule has 1 aromatic rings. The Balaban J connectivity index is 2.91. The van der Waals surface area contributed by atoms with Crippen molar-refractivity contribution in [3.8, 4) is 11.8 Å². The van der Waals surface area contributed by atoms with Crippen LogP contribution in [0.2, 0.25) is 0 Å². The quantitative estimate of drug-likeness (QED) is 0.360. The van der Waals surface area contributed by atoms with E-state index < -0.39 is 5.97 Å².